The van der Waals surface area contributed by atoms with Gasteiger partial charge in [0.15, 0.2) is 0 Å². The smallest absolute Gasteiger partial charge is 0.243 e. The fourth-order valence-corrected chi connectivity index (χ4v) is 2.96. The lowest BCUT2D eigenvalue weighted by Gasteiger charge is -2.22. The van der Waals surface area contributed by atoms with Crippen LogP contribution in [0.2, 0.25) is 0 Å². The van der Waals surface area contributed by atoms with Crippen LogP contribution >= 0.6 is 0 Å². The van der Waals surface area contributed by atoms with E-state index in [-0.39, 0.29) is 5.91 Å². The van der Waals surface area contributed by atoms with E-state index in [1.165, 1.54) is 5.56 Å². The Morgan fingerprint density at radius 1 is 0.893 bits per heavy atom. The summed E-state index contributed by atoms with van der Waals surface area (Å²) in [6.07, 6.45) is 0.867. The molecule has 0 heterocycles. The first-order valence-electron chi connectivity index (χ1n) is 9.61. The van der Waals surface area contributed by atoms with Gasteiger partial charge in [0.2, 0.25) is 5.91 Å². The number of ether oxygens (including phenoxy) is 1. The number of nitrogens with one attached hydrogen (secondary N) is 1. The van der Waals surface area contributed by atoms with Crippen LogP contribution in [0.4, 0.5) is 11.4 Å². The number of likely N-dealkylation sites (N-methyl/N-ethyl adjacent to an activating group) is 1. The maximum atomic E-state index is 12.4. The Morgan fingerprint density at radius 3 is 2.18 bits per heavy atom. The van der Waals surface area contributed by atoms with Crippen LogP contribution in [-0.4, -0.2) is 25.6 Å². The van der Waals surface area contributed by atoms with Crippen LogP contribution in [-0.2, 0) is 11.2 Å². The molecule has 144 valence electrons. The van der Waals surface area contributed by atoms with E-state index in [2.05, 4.69) is 17.4 Å². The van der Waals surface area contributed by atoms with Gasteiger partial charge in [-0.3, -0.25) is 4.79 Å². The number of rotatable bonds is 9. The summed E-state index contributed by atoms with van der Waals surface area (Å²) in [5, 5.41) is 2.95. The summed E-state index contributed by atoms with van der Waals surface area (Å²) in [5.41, 5.74) is 3.07. The predicted octanol–water partition coefficient (Wildman–Crippen LogP) is 4.77. The lowest BCUT2D eigenvalue weighted by Crippen LogP contribution is -2.33. The largest absolute Gasteiger partial charge is 0.493 e. The number of nitrogens with zero attached hydrogens (tertiary/aromatic N) is 1. The minimum absolute atomic E-state index is 0.0385. The van der Waals surface area contributed by atoms with E-state index in [1.54, 1.807) is 0 Å². The molecule has 4 nitrogen and oxygen atoms in total. The monoisotopic (exact) mass is 374 g/mol. The van der Waals surface area contributed by atoms with Gasteiger partial charge in [0.05, 0.1) is 13.2 Å². The fourth-order valence-electron chi connectivity index (χ4n) is 2.96. The second-order valence-corrected chi connectivity index (χ2v) is 6.51. The minimum Gasteiger partial charge on any atom is -0.493 e. The topological polar surface area (TPSA) is 41.6 Å². The SMILES string of the molecule is CCN(CC(=O)Nc1ccc(OCCc2ccccc2)cc1)c1ccccc1. The van der Waals surface area contributed by atoms with Crippen molar-refractivity contribution in [1.82, 2.24) is 0 Å². The van der Waals surface area contributed by atoms with Crippen molar-refractivity contribution in [2.24, 2.45) is 0 Å². The fraction of sp³-hybridized carbons (Fsp3) is 0.208. The third kappa shape index (κ3) is 5.88. The molecular formula is C24H26N2O2. The third-order valence-corrected chi connectivity index (χ3v) is 4.48. The normalized spacial score (nSPS) is 10.3. The Labute approximate surface area is 166 Å². The van der Waals surface area contributed by atoms with Gasteiger partial charge in [-0.2, -0.15) is 0 Å². The summed E-state index contributed by atoms with van der Waals surface area (Å²) in [5.74, 6) is 0.761. The first kappa shape index (κ1) is 19.5. The zero-order chi connectivity index (χ0) is 19.6. The highest BCUT2D eigenvalue weighted by molar-refractivity contribution is 5.94. The molecule has 1 N–H and O–H groups in total. The second kappa shape index (κ2) is 10.2. The molecule has 4 heteroatoms. The van der Waals surface area contributed by atoms with Gasteiger partial charge in [-0.25, -0.2) is 0 Å². The number of benzene rings is 3. The summed E-state index contributed by atoms with van der Waals surface area (Å²) in [7, 11) is 0. The highest BCUT2D eigenvalue weighted by Gasteiger charge is 2.10. The number of carbonyl (C=O) groups excluding carboxylic acids is 1. The summed E-state index contributed by atoms with van der Waals surface area (Å²) >= 11 is 0. The standard InChI is InChI=1S/C24H26N2O2/c1-2-26(22-11-7-4-8-12-22)19-24(27)25-21-13-15-23(16-14-21)28-18-17-20-9-5-3-6-10-20/h3-16H,2,17-19H2,1H3,(H,25,27). The molecule has 3 aromatic carbocycles. The molecule has 0 aromatic heterocycles. The maximum absolute atomic E-state index is 12.4. The molecule has 0 spiro atoms. The number of para-hydroxylation sites is 1. The van der Waals surface area contributed by atoms with E-state index in [1.807, 2.05) is 84.6 Å². The zero-order valence-corrected chi connectivity index (χ0v) is 16.2. The quantitative estimate of drug-likeness (QED) is 0.586. The molecular weight excluding hydrogens is 348 g/mol. The number of hydrogen-bond donors (Lipinski definition) is 1. The predicted molar refractivity (Wildman–Crippen MR) is 115 cm³/mol. The lowest BCUT2D eigenvalue weighted by molar-refractivity contribution is -0.115. The van der Waals surface area contributed by atoms with Crippen LogP contribution in [0.25, 0.3) is 0 Å². The van der Waals surface area contributed by atoms with Crippen molar-refractivity contribution in [2.75, 3.05) is 29.9 Å². The van der Waals surface area contributed by atoms with Crippen LogP contribution in [0.3, 0.4) is 0 Å². The highest BCUT2D eigenvalue weighted by atomic mass is 16.5. The lowest BCUT2D eigenvalue weighted by atomic mass is 10.2. The number of carbonyl (C=O) groups is 1. The molecule has 0 saturated carbocycles. The van der Waals surface area contributed by atoms with Gasteiger partial charge in [-0.1, -0.05) is 48.5 Å². The van der Waals surface area contributed by atoms with Gasteiger partial charge >= 0.3 is 0 Å². The summed E-state index contributed by atoms with van der Waals surface area (Å²) in [6, 6.07) is 27.7. The maximum Gasteiger partial charge on any atom is 0.243 e. The van der Waals surface area contributed by atoms with E-state index in [9.17, 15) is 4.79 Å². The van der Waals surface area contributed by atoms with E-state index < -0.39 is 0 Å². The van der Waals surface area contributed by atoms with E-state index in [0.717, 1.165) is 30.1 Å². The van der Waals surface area contributed by atoms with Crippen LogP contribution in [0.5, 0.6) is 5.75 Å². The van der Waals surface area contributed by atoms with Gasteiger partial charge in [0.25, 0.3) is 0 Å². The highest BCUT2D eigenvalue weighted by Crippen LogP contribution is 2.17. The van der Waals surface area contributed by atoms with E-state index in [4.69, 9.17) is 4.74 Å². The van der Waals surface area contributed by atoms with Crippen molar-refractivity contribution in [2.45, 2.75) is 13.3 Å². The Morgan fingerprint density at radius 2 is 1.54 bits per heavy atom. The second-order valence-electron chi connectivity index (χ2n) is 6.51. The molecule has 3 rings (SSSR count). The first-order chi connectivity index (χ1) is 13.7. The Balaban J connectivity index is 1.47. The van der Waals surface area contributed by atoms with E-state index >= 15 is 0 Å². The van der Waals surface area contributed by atoms with E-state index in [0.29, 0.717) is 13.2 Å². The van der Waals surface area contributed by atoms with Crippen LogP contribution in [0.15, 0.2) is 84.9 Å². The van der Waals surface area contributed by atoms with Gasteiger partial charge in [-0.05, 0) is 48.9 Å². The average molecular weight is 374 g/mol. The van der Waals surface area contributed by atoms with Crippen molar-refractivity contribution in [1.29, 1.82) is 0 Å². The average Bonchev–Trinajstić information content (AvgIpc) is 2.75. The van der Waals surface area contributed by atoms with Gasteiger partial charge in [0.1, 0.15) is 5.75 Å². The third-order valence-electron chi connectivity index (χ3n) is 4.48. The molecule has 1 amide bonds. The molecule has 0 unspecified atom stereocenters. The van der Waals surface area contributed by atoms with Crippen molar-refractivity contribution in [3.05, 3.63) is 90.5 Å². The van der Waals surface area contributed by atoms with Crippen molar-refractivity contribution >= 4 is 17.3 Å². The minimum atomic E-state index is -0.0385. The molecule has 0 aliphatic carbocycles. The Kier molecular flexibility index (Phi) is 7.08. The van der Waals surface area contributed by atoms with Crippen LogP contribution in [0.1, 0.15) is 12.5 Å². The number of hydrogen-bond acceptors (Lipinski definition) is 3. The summed E-state index contributed by atoms with van der Waals surface area (Å²) < 4.78 is 5.79. The van der Waals surface area contributed by atoms with Crippen LogP contribution < -0.4 is 15.0 Å². The van der Waals surface area contributed by atoms with Gasteiger partial charge in [-0.15, -0.1) is 0 Å². The summed E-state index contributed by atoms with van der Waals surface area (Å²) in [4.78, 5) is 14.4. The van der Waals surface area contributed by atoms with Crippen LogP contribution in [0, 0.1) is 0 Å². The van der Waals surface area contributed by atoms with Crippen molar-refractivity contribution < 1.29 is 9.53 Å². The molecule has 0 fully saturated rings. The van der Waals surface area contributed by atoms with Gasteiger partial charge in [0, 0.05) is 24.3 Å². The zero-order valence-electron chi connectivity index (χ0n) is 16.2. The Hall–Kier alpha value is -3.27. The molecule has 0 aliphatic rings. The van der Waals surface area contributed by atoms with Crippen molar-refractivity contribution in [3.8, 4) is 5.75 Å². The molecule has 3 aromatic rings. The molecule has 0 aliphatic heterocycles. The molecule has 0 saturated heterocycles. The molecule has 0 bridgehead atoms. The first-order valence-corrected chi connectivity index (χ1v) is 9.61. The van der Waals surface area contributed by atoms with Gasteiger partial charge < -0.3 is 15.0 Å². The molecule has 0 atom stereocenters. The summed E-state index contributed by atoms with van der Waals surface area (Å²) in [6.45, 7) is 3.75. The van der Waals surface area contributed by atoms with Crippen molar-refractivity contribution in [3.63, 3.8) is 0 Å². The number of amides is 1. The Bertz CT molecular complexity index is 849. The number of anilines is 2. The molecule has 28 heavy (non-hydrogen) atoms. The molecule has 0 radical (unpaired) electrons.